The second kappa shape index (κ2) is 10.2. The summed E-state index contributed by atoms with van der Waals surface area (Å²) in [5, 5.41) is 9.61. The number of benzene rings is 6. The van der Waals surface area contributed by atoms with E-state index in [2.05, 4.69) is 151 Å². The molecule has 0 bridgehead atoms. The highest BCUT2D eigenvalue weighted by molar-refractivity contribution is 9.11. The van der Waals surface area contributed by atoms with Gasteiger partial charge in [0.05, 0.1) is 0 Å². The van der Waals surface area contributed by atoms with E-state index in [1.54, 1.807) is 0 Å². The highest BCUT2D eigenvalue weighted by atomic mass is 79.9. The van der Waals surface area contributed by atoms with E-state index in [1.165, 1.54) is 54.2 Å². The number of nitrogens with zero attached hydrogens (tertiary/aromatic N) is 2. The van der Waals surface area contributed by atoms with Gasteiger partial charge in [0.1, 0.15) is 0 Å². The summed E-state index contributed by atoms with van der Waals surface area (Å²) in [5.41, 5.74) is 7.09. The van der Waals surface area contributed by atoms with Crippen LogP contribution >= 0.6 is 31.9 Å². The van der Waals surface area contributed by atoms with E-state index < -0.39 is 0 Å². The lowest BCUT2D eigenvalue weighted by molar-refractivity contribution is 1.33. The first-order chi connectivity index (χ1) is 20.7. The van der Waals surface area contributed by atoms with Gasteiger partial charge in [0, 0.05) is 33.7 Å². The van der Waals surface area contributed by atoms with E-state index >= 15 is 0 Å². The summed E-state index contributed by atoms with van der Waals surface area (Å²) in [6, 6.07) is 39.3. The summed E-state index contributed by atoms with van der Waals surface area (Å²) in [6.07, 6.45) is 7.42. The molecule has 2 heterocycles. The first-order valence-electron chi connectivity index (χ1n) is 13.8. The molecule has 0 aliphatic heterocycles. The predicted octanol–water partition coefficient (Wildman–Crippen LogP) is 11.6. The molecular weight excluding hydrogens is 644 g/mol. The van der Waals surface area contributed by atoms with Crippen molar-refractivity contribution in [3.8, 4) is 33.4 Å². The first kappa shape index (κ1) is 25.3. The summed E-state index contributed by atoms with van der Waals surface area (Å²) < 4.78 is 2.22. The quantitative estimate of drug-likeness (QED) is 0.175. The highest BCUT2D eigenvalue weighted by Crippen LogP contribution is 2.49. The molecular formula is C38H22Br2N2. The molecule has 0 radical (unpaired) electrons. The van der Waals surface area contributed by atoms with E-state index in [0.717, 1.165) is 31.2 Å². The van der Waals surface area contributed by atoms with Crippen molar-refractivity contribution in [3.63, 3.8) is 0 Å². The zero-order valence-electron chi connectivity index (χ0n) is 22.4. The van der Waals surface area contributed by atoms with Crippen LogP contribution in [0.3, 0.4) is 0 Å². The van der Waals surface area contributed by atoms with Gasteiger partial charge in [-0.05, 0) is 145 Å². The van der Waals surface area contributed by atoms with Crippen molar-refractivity contribution in [1.82, 2.24) is 9.97 Å². The van der Waals surface area contributed by atoms with Crippen molar-refractivity contribution in [3.05, 3.63) is 143 Å². The van der Waals surface area contributed by atoms with E-state index in [4.69, 9.17) is 0 Å². The maximum absolute atomic E-state index is 4.25. The zero-order valence-corrected chi connectivity index (χ0v) is 25.5. The van der Waals surface area contributed by atoms with Crippen LogP contribution in [0, 0.1) is 0 Å². The Kier molecular flexibility index (Phi) is 6.13. The molecule has 0 aliphatic carbocycles. The number of aromatic nitrogens is 2. The third-order valence-electron chi connectivity index (χ3n) is 8.19. The molecule has 0 unspecified atom stereocenters. The van der Waals surface area contributed by atoms with Crippen LogP contribution in [0.1, 0.15) is 0 Å². The van der Waals surface area contributed by atoms with E-state index in [-0.39, 0.29) is 0 Å². The molecule has 0 fully saturated rings. The monoisotopic (exact) mass is 664 g/mol. The molecule has 6 aromatic carbocycles. The molecule has 2 nitrogen and oxygen atoms in total. The zero-order chi connectivity index (χ0) is 28.2. The average Bonchev–Trinajstić information content (AvgIpc) is 3.06. The van der Waals surface area contributed by atoms with Gasteiger partial charge >= 0.3 is 0 Å². The van der Waals surface area contributed by atoms with Gasteiger partial charge in [0.25, 0.3) is 0 Å². The second-order valence-electron chi connectivity index (χ2n) is 10.5. The molecule has 0 N–H and O–H groups in total. The van der Waals surface area contributed by atoms with Crippen molar-refractivity contribution >= 4 is 74.9 Å². The van der Waals surface area contributed by atoms with Crippen LogP contribution in [-0.4, -0.2) is 9.97 Å². The molecule has 0 spiro atoms. The molecule has 8 rings (SSSR count). The van der Waals surface area contributed by atoms with Crippen LogP contribution in [0.25, 0.3) is 76.5 Å². The van der Waals surface area contributed by atoms with E-state index in [1.807, 2.05) is 24.8 Å². The average molecular weight is 666 g/mol. The minimum absolute atomic E-state index is 1.11. The maximum Gasteiger partial charge on any atom is 0.0332 e. The number of hydrogen-bond acceptors (Lipinski definition) is 2. The molecule has 8 aromatic rings. The van der Waals surface area contributed by atoms with Crippen LogP contribution < -0.4 is 0 Å². The van der Waals surface area contributed by atoms with E-state index in [0.29, 0.717) is 0 Å². The molecule has 0 atom stereocenters. The third-order valence-corrected chi connectivity index (χ3v) is 9.90. The van der Waals surface area contributed by atoms with E-state index in [9.17, 15) is 0 Å². The Balaban J connectivity index is 1.60. The topological polar surface area (TPSA) is 25.8 Å². The number of rotatable bonds is 3. The van der Waals surface area contributed by atoms with Crippen LogP contribution in [0.2, 0.25) is 0 Å². The molecule has 0 aliphatic rings. The molecule has 2 aromatic heterocycles. The lowest BCUT2D eigenvalue weighted by Crippen LogP contribution is -1.93. The first-order valence-corrected chi connectivity index (χ1v) is 15.4. The number of pyridine rings is 2. The Morgan fingerprint density at radius 2 is 0.690 bits per heavy atom. The SMILES string of the molecule is Brc1c2ccccc2c(-c2c3ccccc3c(Br)c3ccc(-c4ccncc4)cc23)c2cc(-c3ccncc3)ccc12. The number of hydrogen-bond donors (Lipinski definition) is 0. The fourth-order valence-corrected chi connectivity index (χ4v) is 7.62. The van der Waals surface area contributed by atoms with Gasteiger partial charge in [-0.15, -0.1) is 0 Å². The van der Waals surface area contributed by atoms with Crippen molar-refractivity contribution in [2.45, 2.75) is 0 Å². The van der Waals surface area contributed by atoms with Gasteiger partial charge < -0.3 is 0 Å². The second-order valence-corrected chi connectivity index (χ2v) is 12.0. The summed E-state index contributed by atoms with van der Waals surface area (Å²) in [7, 11) is 0. The Labute approximate surface area is 260 Å². The fourth-order valence-electron chi connectivity index (χ4n) is 6.24. The van der Waals surface area contributed by atoms with Gasteiger partial charge in [-0.1, -0.05) is 72.8 Å². The predicted molar refractivity (Wildman–Crippen MR) is 184 cm³/mol. The normalized spacial score (nSPS) is 11.6. The summed E-state index contributed by atoms with van der Waals surface area (Å²) in [6.45, 7) is 0. The molecule has 42 heavy (non-hydrogen) atoms. The minimum atomic E-state index is 1.11. The molecule has 0 amide bonds. The molecule has 0 saturated carbocycles. The standard InChI is InChI=1S/C38H22Br2N2/c39-37-29-7-3-1-5-27(29)35(33-21-25(9-11-31(33)37)23-13-17-41-18-14-23)36-28-6-2-4-8-30(28)38(40)32-12-10-26(22-34(32)36)24-15-19-42-20-16-24/h1-22H. The minimum Gasteiger partial charge on any atom is -0.265 e. The third kappa shape index (κ3) is 3.98. The van der Waals surface area contributed by atoms with Gasteiger partial charge in [-0.2, -0.15) is 0 Å². The highest BCUT2D eigenvalue weighted by Gasteiger charge is 2.21. The van der Waals surface area contributed by atoms with Crippen LogP contribution in [-0.2, 0) is 0 Å². The van der Waals surface area contributed by atoms with Crippen LogP contribution in [0.4, 0.5) is 0 Å². The molecule has 0 saturated heterocycles. The Hall–Kier alpha value is -4.38. The van der Waals surface area contributed by atoms with Crippen molar-refractivity contribution < 1.29 is 0 Å². The summed E-state index contributed by atoms with van der Waals surface area (Å²) in [5.74, 6) is 0. The summed E-state index contributed by atoms with van der Waals surface area (Å²) in [4.78, 5) is 8.49. The van der Waals surface area contributed by atoms with Crippen LogP contribution in [0.15, 0.2) is 143 Å². The van der Waals surface area contributed by atoms with Gasteiger partial charge in [-0.25, -0.2) is 0 Å². The van der Waals surface area contributed by atoms with Crippen molar-refractivity contribution in [1.29, 1.82) is 0 Å². The Morgan fingerprint density at radius 1 is 0.333 bits per heavy atom. The lowest BCUT2D eigenvalue weighted by atomic mass is 9.85. The van der Waals surface area contributed by atoms with Gasteiger partial charge in [-0.3, -0.25) is 9.97 Å². The van der Waals surface area contributed by atoms with Crippen molar-refractivity contribution in [2.75, 3.05) is 0 Å². The maximum atomic E-state index is 4.25. The Bertz CT molecular complexity index is 2150. The Morgan fingerprint density at radius 3 is 1.10 bits per heavy atom. The largest absolute Gasteiger partial charge is 0.265 e. The van der Waals surface area contributed by atoms with Crippen LogP contribution in [0.5, 0.6) is 0 Å². The lowest BCUT2D eigenvalue weighted by Gasteiger charge is -2.20. The van der Waals surface area contributed by atoms with Gasteiger partial charge in [0.2, 0.25) is 0 Å². The van der Waals surface area contributed by atoms with Crippen molar-refractivity contribution in [2.24, 2.45) is 0 Å². The smallest absolute Gasteiger partial charge is 0.0332 e. The summed E-state index contributed by atoms with van der Waals surface area (Å²) >= 11 is 8.00. The molecule has 198 valence electrons. The number of halogens is 2. The fraction of sp³-hybridized carbons (Fsp3) is 0. The van der Waals surface area contributed by atoms with Gasteiger partial charge in [0.15, 0.2) is 0 Å². The molecule has 4 heteroatoms. The number of fused-ring (bicyclic) bond motifs is 4.